The first-order valence-corrected chi connectivity index (χ1v) is 9.76. The second kappa shape index (κ2) is 8.11. The number of nitrogens with one attached hydrogen (secondary N) is 1. The lowest BCUT2D eigenvalue weighted by Gasteiger charge is -2.34. The molecule has 0 aliphatic carbocycles. The van der Waals surface area contributed by atoms with Crippen LogP contribution in [0.2, 0.25) is 5.02 Å². The highest BCUT2D eigenvalue weighted by Gasteiger charge is 2.44. The topological polar surface area (TPSA) is 118 Å². The van der Waals surface area contributed by atoms with Gasteiger partial charge in [0.2, 0.25) is 11.8 Å². The monoisotopic (exact) mass is 423 g/mol. The van der Waals surface area contributed by atoms with E-state index in [-0.39, 0.29) is 24.8 Å². The van der Waals surface area contributed by atoms with E-state index in [2.05, 4.69) is 20.7 Å². The molecule has 10 nitrogen and oxygen atoms in total. The number of likely N-dealkylation sites (tertiary alicyclic amines) is 1. The van der Waals surface area contributed by atoms with Crippen LogP contribution in [-0.4, -0.2) is 72.3 Å². The maximum atomic E-state index is 13.5. The molecule has 0 radical (unpaired) electrons. The van der Waals surface area contributed by atoms with Crippen molar-refractivity contribution in [3.63, 3.8) is 0 Å². The highest BCUT2D eigenvalue weighted by atomic mass is 35.5. The van der Waals surface area contributed by atoms with E-state index < -0.39 is 23.6 Å². The number of aromatic nitrogens is 5. The zero-order valence-electron chi connectivity index (χ0n) is 16.9. The van der Waals surface area contributed by atoms with Crippen molar-refractivity contribution in [2.75, 3.05) is 13.6 Å². The lowest BCUT2D eigenvalue weighted by Crippen LogP contribution is -2.49. The maximum absolute atomic E-state index is 13.5. The number of carbonyl (C=O) groups excluding carboxylic acids is 2. The van der Waals surface area contributed by atoms with Crippen molar-refractivity contribution < 1.29 is 14.7 Å². The van der Waals surface area contributed by atoms with Gasteiger partial charge in [0.1, 0.15) is 17.8 Å². The highest BCUT2D eigenvalue weighted by Crippen LogP contribution is 2.34. The number of hydrogen-bond donors (Lipinski definition) is 2. The molecule has 2 aromatic rings. The Balaban J connectivity index is 1.87. The van der Waals surface area contributed by atoms with E-state index in [4.69, 9.17) is 11.6 Å². The van der Waals surface area contributed by atoms with Gasteiger partial charge in [0, 0.05) is 26.2 Å². The summed E-state index contributed by atoms with van der Waals surface area (Å²) in [5, 5.41) is 25.6. The SMILES string of the molecule is CNC(=O)[C@@H]1C[C@@H](O)CN1C(=O)[C@@H](n1cc(Cn2cc(Cl)cn2)nn1)C(C)(C)C. The van der Waals surface area contributed by atoms with Crippen LogP contribution in [0.4, 0.5) is 0 Å². The van der Waals surface area contributed by atoms with Gasteiger partial charge in [-0.2, -0.15) is 5.10 Å². The maximum Gasteiger partial charge on any atom is 0.248 e. The van der Waals surface area contributed by atoms with Gasteiger partial charge in [-0.25, -0.2) is 4.68 Å². The molecule has 1 aliphatic rings. The van der Waals surface area contributed by atoms with Gasteiger partial charge in [-0.15, -0.1) is 5.10 Å². The van der Waals surface area contributed by atoms with E-state index in [0.29, 0.717) is 17.3 Å². The summed E-state index contributed by atoms with van der Waals surface area (Å²) in [5.74, 6) is -0.571. The van der Waals surface area contributed by atoms with Gasteiger partial charge in [-0.3, -0.25) is 14.3 Å². The molecule has 3 atom stereocenters. The molecule has 2 amide bonds. The Labute approximate surface area is 173 Å². The Hall–Kier alpha value is -2.46. The van der Waals surface area contributed by atoms with Crippen molar-refractivity contribution in [3.05, 3.63) is 29.3 Å². The van der Waals surface area contributed by atoms with Crippen LogP contribution in [0.5, 0.6) is 0 Å². The second-order valence-corrected chi connectivity index (χ2v) is 8.76. The van der Waals surface area contributed by atoms with Gasteiger partial charge >= 0.3 is 0 Å². The fraction of sp³-hybridized carbons (Fsp3) is 0.611. The first-order valence-electron chi connectivity index (χ1n) is 9.39. The van der Waals surface area contributed by atoms with Gasteiger partial charge in [0.05, 0.1) is 30.1 Å². The zero-order chi connectivity index (χ0) is 21.3. The normalized spacial score (nSPS) is 20.7. The Morgan fingerprint density at radius 2 is 2.10 bits per heavy atom. The van der Waals surface area contributed by atoms with Crippen LogP contribution in [0, 0.1) is 5.41 Å². The fourth-order valence-corrected chi connectivity index (χ4v) is 3.77. The van der Waals surface area contributed by atoms with Crippen molar-refractivity contribution in [1.29, 1.82) is 0 Å². The molecule has 0 bridgehead atoms. The molecule has 29 heavy (non-hydrogen) atoms. The minimum Gasteiger partial charge on any atom is -0.391 e. The van der Waals surface area contributed by atoms with Crippen molar-refractivity contribution in [2.24, 2.45) is 5.41 Å². The van der Waals surface area contributed by atoms with Crippen molar-refractivity contribution in [2.45, 2.75) is 51.9 Å². The number of amides is 2. The summed E-state index contributed by atoms with van der Waals surface area (Å²) in [6, 6.07) is -1.40. The largest absolute Gasteiger partial charge is 0.391 e. The van der Waals surface area contributed by atoms with E-state index in [9.17, 15) is 14.7 Å². The van der Waals surface area contributed by atoms with Crippen LogP contribution in [0.25, 0.3) is 0 Å². The molecule has 0 saturated carbocycles. The Morgan fingerprint density at radius 3 is 2.69 bits per heavy atom. The number of rotatable bonds is 5. The first kappa shape index (κ1) is 21.3. The third kappa shape index (κ3) is 4.59. The molecular weight excluding hydrogens is 398 g/mol. The minimum atomic E-state index is -0.738. The lowest BCUT2D eigenvalue weighted by molar-refractivity contribution is -0.144. The third-order valence-electron chi connectivity index (χ3n) is 4.91. The average Bonchev–Trinajstić information content (AvgIpc) is 3.34. The molecule has 11 heteroatoms. The molecule has 0 aromatic carbocycles. The van der Waals surface area contributed by atoms with E-state index in [1.54, 1.807) is 17.1 Å². The number of hydrogen-bond acceptors (Lipinski definition) is 6. The molecule has 0 unspecified atom stereocenters. The van der Waals surface area contributed by atoms with Crippen molar-refractivity contribution >= 4 is 23.4 Å². The summed E-state index contributed by atoms with van der Waals surface area (Å²) in [7, 11) is 1.52. The van der Waals surface area contributed by atoms with E-state index >= 15 is 0 Å². The predicted molar refractivity (Wildman–Crippen MR) is 105 cm³/mol. The van der Waals surface area contributed by atoms with Gasteiger partial charge in [-0.1, -0.05) is 37.6 Å². The molecule has 2 aromatic heterocycles. The smallest absolute Gasteiger partial charge is 0.248 e. The van der Waals surface area contributed by atoms with Crippen LogP contribution in [-0.2, 0) is 16.1 Å². The number of carbonyl (C=O) groups is 2. The standard InChI is InChI=1S/C18H26ClN7O3/c1-18(2,3)15(17(29)25-10-13(27)5-14(25)16(28)20-4)26-9-12(22-23-26)8-24-7-11(19)6-21-24/h6-7,9,13-15,27H,5,8,10H2,1-4H3,(H,20,28)/t13-,14+,15-/m1/s1. The summed E-state index contributed by atoms with van der Waals surface area (Å²) in [4.78, 5) is 27.1. The molecule has 0 spiro atoms. The van der Waals surface area contributed by atoms with E-state index in [1.165, 1.54) is 22.8 Å². The van der Waals surface area contributed by atoms with Crippen LogP contribution in [0.1, 0.15) is 38.9 Å². The minimum absolute atomic E-state index is 0.108. The molecule has 3 rings (SSSR count). The third-order valence-corrected chi connectivity index (χ3v) is 5.11. The molecule has 2 N–H and O–H groups in total. The van der Waals surface area contributed by atoms with Crippen LogP contribution >= 0.6 is 11.6 Å². The molecule has 158 valence electrons. The van der Waals surface area contributed by atoms with Crippen molar-refractivity contribution in [3.8, 4) is 0 Å². The average molecular weight is 424 g/mol. The summed E-state index contributed by atoms with van der Waals surface area (Å²) in [5.41, 5.74) is 0.119. The Kier molecular flexibility index (Phi) is 5.95. The summed E-state index contributed by atoms with van der Waals surface area (Å²) < 4.78 is 3.15. The number of β-amino-alcohol motifs (C(OH)–C–C–N with tert-alkyl or cyclic N) is 1. The van der Waals surface area contributed by atoms with Crippen molar-refractivity contribution in [1.82, 2.24) is 35.0 Å². The number of aliphatic hydroxyl groups excluding tert-OH is 1. The second-order valence-electron chi connectivity index (χ2n) is 8.32. The molecule has 1 saturated heterocycles. The molecular formula is C18H26ClN7O3. The number of nitrogens with zero attached hydrogens (tertiary/aromatic N) is 6. The first-order chi connectivity index (χ1) is 13.6. The Morgan fingerprint density at radius 1 is 1.38 bits per heavy atom. The molecule has 3 heterocycles. The van der Waals surface area contributed by atoms with Gasteiger partial charge in [0.25, 0.3) is 0 Å². The van der Waals surface area contributed by atoms with Crippen LogP contribution in [0.15, 0.2) is 18.6 Å². The number of aliphatic hydroxyl groups is 1. The zero-order valence-corrected chi connectivity index (χ0v) is 17.7. The van der Waals surface area contributed by atoms with E-state index in [0.717, 1.165) is 0 Å². The van der Waals surface area contributed by atoms with E-state index in [1.807, 2.05) is 20.8 Å². The fourth-order valence-electron chi connectivity index (χ4n) is 3.61. The van der Waals surface area contributed by atoms with Gasteiger partial charge in [0.15, 0.2) is 0 Å². The Bertz CT molecular complexity index is 888. The summed E-state index contributed by atoms with van der Waals surface area (Å²) in [6.45, 7) is 6.24. The predicted octanol–water partition coefficient (Wildman–Crippen LogP) is 0.471. The van der Waals surface area contributed by atoms with Gasteiger partial charge in [-0.05, 0) is 5.41 Å². The lowest BCUT2D eigenvalue weighted by atomic mass is 9.85. The number of halogens is 1. The highest BCUT2D eigenvalue weighted by molar-refractivity contribution is 6.30. The quantitative estimate of drug-likeness (QED) is 0.721. The summed E-state index contributed by atoms with van der Waals surface area (Å²) >= 11 is 5.89. The molecule has 1 aliphatic heterocycles. The van der Waals surface area contributed by atoms with Crippen LogP contribution in [0.3, 0.4) is 0 Å². The van der Waals surface area contributed by atoms with Gasteiger partial charge < -0.3 is 15.3 Å². The molecule has 1 fully saturated rings. The summed E-state index contributed by atoms with van der Waals surface area (Å²) in [6.07, 6.45) is 4.38. The number of likely N-dealkylation sites (N-methyl/N-ethyl adjacent to an activating group) is 1. The van der Waals surface area contributed by atoms with Crippen LogP contribution < -0.4 is 5.32 Å².